The van der Waals surface area contributed by atoms with E-state index >= 15 is 0 Å². The van der Waals surface area contributed by atoms with Crippen LogP contribution in [0.1, 0.15) is 29.6 Å². The molecule has 0 radical (unpaired) electrons. The van der Waals surface area contributed by atoms with Crippen molar-refractivity contribution >= 4 is 39.1 Å². The third kappa shape index (κ3) is 4.85. The van der Waals surface area contributed by atoms with E-state index in [1.165, 1.54) is 6.42 Å². The molecule has 5 nitrogen and oxygen atoms in total. The van der Waals surface area contributed by atoms with Gasteiger partial charge in [0.25, 0.3) is 5.91 Å². The topological polar surface area (TPSA) is 61.4 Å². The minimum absolute atomic E-state index is 0.0611. The van der Waals surface area contributed by atoms with Crippen LogP contribution in [0.3, 0.4) is 0 Å². The predicted molar refractivity (Wildman–Crippen MR) is 107 cm³/mol. The first-order valence-corrected chi connectivity index (χ1v) is 9.60. The largest absolute Gasteiger partial charge is 0.376 e. The molecule has 0 atom stereocenters. The van der Waals surface area contributed by atoms with Crippen LogP contribution in [0.5, 0.6) is 0 Å². The maximum Gasteiger partial charge on any atom is 0.253 e. The first-order chi connectivity index (χ1) is 12.6. The quantitative estimate of drug-likeness (QED) is 0.771. The molecule has 2 N–H and O–H groups in total. The first-order valence-electron chi connectivity index (χ1n) is 8.81. The number of carbonyl (C=O) groups is 2. The first kappa shape index (κ1) is 18.5. The van der Waals surface area contributed by atoms with E-state index in [-0.39, 0.29) is 18.4 Å². The molecule has 0 aliphatic carbocycles. The van der Waals surface area contributed by atoms with E-state index in [1.54, 1.807) is 0 Å². The van der Waals surface area contributed by atoms with Gasteiger partial charge in [-0.05, 0) is 65.5 Å². The standard InChI is InChI=1S/C20H22BrN3O2/c21-17-9-2-3-10-18(17)23-19(25)14-22-16-8-6-7-15(13-16)20(26)24-11-4-1-5-12-24/h2-3,6-10,13,22H,1,4-5,11-12,14H2,(H,23,25). The van der Waals surface area contributed by atoms with E-state index in [0.29, 0.717) is 5.56 Å². The van der Waals surface area contributed by atoms with Crippen LogP contribution in [-0.4, -0.2) is 36.3 Å². The highest BCUT2D eigenvalue weighted by molar-refractivity contribution is 9.10. The smallest absolute Gasteiger partial charge is 0.253 e. The van der Waals surface area contributed by atoms with Gasteiger partial charge in [0, 0.05) is 28.8 Å². The Morgan fingerprint density at radius 3 is 2.54 bits per heavy atom. The highest BCUT2D eigenvalue weighted by Gasteiger charge is 2.18. The van der Waals surface area contributed by atoms with Gasteiger partial charge >= 0.3 is 0 Å². The van der Waals surface area contributed by atoms with E-state index in [0.717, 1.165) is 41.8 Å². The Kier molecular flexibility index (Phi) is 6.28. The molecule has 0 bridgehead atoms. The fourth-order valence-corrected chi connectivity index (χ4v) is 3.36. The Balaban J connectivity index is 1.57. The molecule has 1 heterocycles. The summed E-state index contributed by atoms with van der Waals surface area (Å²) in [5, 5.41) is 5.93. The number of hydrogen-bond acceptors (Lipinski definition) is 3. The van der Waals surface area contributed by atoms with Gasteiger partial charge in [0.15, 0.2) is 0 Å². The number of nitrogens with one attached hydrogen (secondary N) is 2. The molecule has 1 aliphatic heterocycles. The molecular weight excluding hydrogens is 394 g/mol. The van der Waals surface area contributed by atoms with Gasteiger partial charge in [-0.3, -0.25) is 9.59 Å². The summed E-state index contributed by atoms with van der Waals surface area (Å²) in [4.78, 5) is 26.6. The molecule has 136 valence electrons. The van der Waals surface area contributed by atoms with E-state index in [1.807, 2.05) is 53.4 Å². The molecule has 6 heteroatoms. The summed E-state index contributed by atoms with van der Waals surface area (Å²) in [6.45, 7) is 1.78. The number of para-hydroxylation sites is 1. The fraction of sp³-hybridized carbons (Fsp3) is 0.300. The Hall–Kier alpha value is -2.34. The van der Waals surface area contributed by atoms with Crippen LogP contribution in [-0.2, 0) is 4.79 Å². The van der Waals surface area contributed by atoms with Crippen molar-refractivity contribution in [3.8, 4) is 0 Å². The van der Waals surface area contributed by atoms with Crippen molar-refractivity contribution in [3.05, 3.63) is 58.6 Å². The van der Waals surface area contributed by atoms with E-state index in [9.17, 15) is 9.59 Å². The monoisotopic (exact) mass is 415 g/mol. The number of anilines is 2. The lowest BCUT2D eigenvalue weighted by Crippen LogP contribution is -2.35. The van der Waals surface area contributed by atoms with Crippen molar-refractivity contribution in [1.29, 1.82) is 0 Å². The lowest BCUT2D eigenvalue weighted by molar-refractivity contribution is -0.114. The number of halogens is 1. The molecule has 0 saturated carbocycles. The molecule has 2 aromatic carbocycles. The molecule has 1 fully saturated rings. The van der Waals surface area contributed by atoms with Gasteiger partial charge in [0.05, 0.1) is 12.2 Å². The van der Waals surface area contributed by atoms with E-state index < -0.39 is 0 Å². The highest BCUT2D eigenvalue weighted by Crippen LogP contribution is 2.21. The second-order valence-electron chi connectivity index (χ2n) is 6.32. The van der Waals surface area contributed by atoms with Crippen LogP contribution in [0.4, 0.5) is 11.4 Å². The fourth-order valence-electron chi connectivity index (χ4n) is 2.98. The van der Waals surface area contributed by atoms with Crippen LogP contribution >= 0.6 is 15.9 Å². The summed E-state index contributed by atoms with van der Waals surface area (Å²) in [5.41, 5.74) is 2.14. The predicted octanol–water partition coefficient (Wildman–Crippen LogP) is 4.13. The molecular formula is C20H22BrN3O2. The molecule has 3 rings (SSSR count). The Morgan fingerprint density at radius 1 is 1.00 bits per heavy atom. The van der Waals surface area contributed by atoms with E-state index in [4.69, 9.17) is 0 Å². The van der Waals surface area contributed by atoms with Gasteiger partial charge in [-0.1, -0.05) is 18.2 Å². The number of hydrogen-bond donors (Lipinski definition) is 2. The Morgan fingerprint density at radius 2 is 1.77 bits per heavy atom. The number of rotatable bonds is 5. The van der Waals surface area contributed by atoms with Crippen molar-refractivity contribution in [1.82, 2.24) is 4.90 Å². The van der Waals surface area contributed by atoms with Crippen molar-refractivity contribution in [2.45, 2.75) is 19.3 Å². The molecule has 26 heavy (non-hydrogen) atoms. The number of benzene rings is 2. The Bertz CT molecular complexity index is 788. The highest BCUT2D eigenvalue weighted by atomic mass is 79.9. The van der Waals surface area contributed by atoms with Crippen LogP contribution in [0.25, 0.3) is 0 Å². The van der Waals surface area contributed by atoms with Gasteiger partial charge in [0.1, 0.15) is 0 Å². The van der Waals surface area contributed by atoms with Crippen LogP contribution in [0.2, 0.25) is 0 Å². The molecule has 1 aliphatic rings. The molecule has 0 aromatic heterocycles. The maximum absolute atomic E-state index is 12.6. The van der Waals surface area contributed by atoms with Crippen LogP contribution < -0.4 is 10.6 Å². The number of amides is 2. The SMILES string of the molecule is O=C(CNc1cccc(C(=O)N2CCCCC2)c1)Nc1ccccc1Br. The zero-order chi connectivity index (χ0) is 18.4. The summed E-state index contributed by atoms with van der Waals surface area (Å²) in [6.07, 6.45) is 3.33. The summed E-state index contributed by atoms with van der Waals surface area (Å²) >= 11 is 3.41. The van der Waals surface area contributed by atoms with Gasteiger partial charge < -0.3 is 15.5 Å². The number of carbonyl (C=O) groups excluding carboxylic acids is 2. The average Bonchev–Trinajstić information content (AvgIpc) is 2.68. The molecule has 2 aromatic rings. The Labute approximate surface area is 161 Å². The number of piperidine rings is 1. The molecule has 2 amide bonds. The van der Waals surface area contributed by atoms with Crippen molar-refractivity contribution in [2.75, 3.05) is 30.3 Å². The summed E-state index contributed by atoms with van der Waals surface area (Å²) < 4.78 is 0.836. The molecule has 1 saturated heterocycles. The third-order valence-corrected chi connectivity index (χ3v) is 5.05. The minimum Gasteiger partial charge on any atom is -0.376 e. The second kappa shape index (κ2) is 8.85. The maximum atomic E-state index is 12.6. The second-order valence-corrected chi connectivity index (χ2v) is 7.17. The molecule has 0 unspecified atom stereocenters. The van der Waals surface area contributed by atoms with Gasteiger partial charge in [-0.25, -0.2) is 0 Å². The lowest BCUT2D eigenvalue weighted by atomic mass is 10.1. The van der Waals surface area contributed by atoms with Crippen molar-refractivity contribution in [3.63, 3.8) is 0 Å². The van der Waals surface area contributed by atoms with Crippen molar-refractivity contribution in [2.24, 2.45) is 0 Å². The van der Waals surface area contributed by atoms with Gasteiger partial charge in [-0.15, -0.1) is 0 Å². The zero-order valence-electron chi connectivity index (χ0n) is 14.5. The number of nitrogens with zero attached hydrogens (tertiary/aromatic N) is 1. The minimum atomic E-state index is -0.148. The third-order valence-electron chi connectivity index (χ3n) is 4.35. The molecule has 0 spiro atoms. The van der Waals surface area contributed by atoms with Crippen molar-refractivity contribution < 1.29 is 9.59 Å². The zero-order valence-corrected chi connectivity index (χ0v) is 16.1. The lowest BCUT2D eigenvalue weighted by Gasteiger charge is -2.26. The summed E-state index contributed by atoms with van der Waals surface area (Å²) in [7, 11) is 0. The van der Waals surface area contributed by atoms with Crippen LogP contribution in [0, 0.1) is 0 Å². The van der Waals surface area contributed by atoms with Gasteiger partial charge in [0.2, 0.25) is 5.91 Å². The van der Waals surface area contributed by atoms with Crippen LogP contribution in [0.15, 0.2) is 53.0 Å². The number of likely N-dealkylation sites (tertiary alicyclic amines) is 1. The van der Waals surface area contributed by atoms with E-state index in [2.05, 4.69) is 26.6 Å². The summed E-state index contributed by atoms with van der Waals surface area (Å²) in [5.74, 6) is -0.0873. The summed E-state index contributed by atoms with van der Waals surface area (Å²) in [6, 6.07) is 14.8. The van der Waals surface area contributed by atoms with Gasteiger partial charge in [-0.2, -0.15) is 0 Å². The normalized spacial score (nSPS) is 14.0. The average molecular weight is 416 g/mol.